The molecular formula is C37H65N3. The monoisotopic (exact) mass is 552 g/mol. The van der Waals surface area contributed by atoms with E-state index in [1.807, 2.05) is 0 Å². The van der Waals surface area contributed by atoms with E-state index in [1.54, 1.807) is 12.8 Å². The van der Waals surface area contributed by atoms with E-state index in [4.69, 9.17) is 0 Å². The zero-order chi connectivity index (χ0) is 28.2. The van der Waals surface area contributed by atoms with Crippen molar-refractivity contribution in [2.75, 3.05) is 19.6 Å². The van der Waals surface area contributed by atoms with Gasteiger partial charge in [-0.05, 0) is 149 Å². The Bertz CT molecular complexity index is 861. The third-order valence-electron chi connectivity index (χ3n) is 13.3. The van der Waals surface area contributed by atoms with E-state index in [0.29, 0.717) is 10.8 Å². The van der Waals surface area contributed by atoms with E-state index >= 15 is 0 Å². The molecule has 4 saturated carbocycles. The summed E-state index contributed by atoms with van der Waals surface area (Å²) >= 11 is 0. The topological polar surface area (TPSA) is 36.4 Å². The lowest BCUT2D eigenvalue weighted by molar-refractivity contribution is -0.118. The van der Waals surface area contributed by atoms with Crippen molar-refractivity contribution in [1.29, 1.82) is 0 Å². The second-order valence-electron chi connectivity index (χ2n) is 16.1. The van der Waals surface area contributed by atoms with Gasteiger partial charge in [-0.15, -0.1) is 0 Å². The number of nitrogens with one attached hydrogen (secondary N) is 2. The molecule has 9 atom stereocenters. The predicted molar refractivity (Wildman–Crippen MR) is 173 cm³/mol. The van der Waals surface area contributed by atoms with E-state index in [-0.39, 0.29) is 0 Å². The largest absolute Gasteiger partial charge is 0.314 e. The fourth-order valence-corrected chi connectivity index (χ4v) is 11.0. The van der Waals surface area contributed by atoms with Crippen molar-refractivity contribution >= 4 is 6.21 Å². The molecule has 0 bridgehead atoms. The molecule has 1 heterocycles. The number of nitrogens with zero attached hydrogens (tertiary/aromatic N) is 1. The number of aliphatic imine (C=N–C) groups is 1. The van der Waals surface area contributed by atoms with Crippen molar-refractivity contribution in [2.45, 2.75) is 143 Å². The molecule has 40 heavy (non-hydrogen) atoms. The lowest BCUT2D eigenvalue weighted by atomic mass is 9.44. The van der Waals surface area contributed by atoms with Gasteiger partial charge in [0.05, 0.1) is 0 Å². The third-order valence-corrected chi connectivity index (χ3v) is 13.3. The second kappa shape index (κ2) is 13.7. The molecule has 0 aromatic rings. The third kappa shape index (κ3) is 6.77. The molecule has 5 aliphatic rings. The Kier molecular flexibility index (Phi) is 10.6. The number of unbranched alkanes of at least 4 members (excludes halogenated alkanes) is 1. The Hall–Kier alpha value is -0.670. The van der Waals surface area contributed by atoms with Crippen molar-refractivity contribution in [3.05, 3.63) is 11.8 Å². The minimum absolute atomic E-state index is 0.615. The summed E-state index contributed by atoms with van der Waals surface area (Å²) in [4.78, 5) is 4.49. The van der Waals surface area contributed by atoms with Crippen LogP contribution in [0.25, 0.3) is 0 Å². The molecule has 5 rings (SSSR count). The van der Waals surface area contributed by atoms with Crippen LogP contribution in [0, 0.1) is 52.3 Å². The van der Waals surface area contributed by atoms with Gasteiger partial charge in [0.2, 0.25) is 0 Å². The molecule has 3 heteroatoms. The summed E-state index contributed by atoms with van der Waals surface area (Å²) in [5.41, 5.74) is 2.48. The molecular weight excluding hydrogens is 486 g/mol. The summed E-state index contributed by atoms with van der Waals surface area (Å²) in [6.45, 7) is 16.2. The molecule has 4 fully saturated rings. The number of fused-ring (bicyclic) bond motifs is 5. The molecule has 0 spiro atoms. The summed E-state index contributed by atoms with van der Waals surface area (Å²) < 4.78 is 0. The van der Waals surface area contributed by atoms with Crippen molar-refractivity contribution in [3.8, 4) is 0 Å². The molecule has 4 aliphatic carbocycles. The lowest BCUT2D eigenvalue weighted by Crippen LogP contribution is -2.55. The molecule has 1 aliphatic heterocycles. The van der Waals surface area contributed by atoms with Crippen LogP contribution >= 0.6 is 0 Å². The zero-order valence-corrected chi connectivity index (χ0v) is 27.2. The Balaban J connectivity index is 1.06. The van der Waals surface area contributed by atoms with Crippen LogP contribution in [0.1, 0.15) is 137 Å². The van der Waals surface area contributed by atoms with Gasteiger partial charge in [0.25, 0.3) is 0 Å². The smallest absolute Gasteiger partial charge is 0.0498 e. The van der Waals surface area contributed by atoms with Crippen molar-refractivity contribution in [1.82, 2.24) is 10.6 Å². The van der Waals surface area contributed by atoms with Crippen LogP contribution in [0.3, 0.4) is 0 Å². The number of allylic oxidation sites excluding steroid dienone is 1. The first-order valence-corrected chi connectivity index (χ1v) is 18.0. The predicted octanol–water partition coefficient (Wildman–Crippen LogP) is 9.18. The molecule has 0 amide bonds. The maximum absolute atomic E-state index is 4.49. The van der Waals surface area contributed by atoms with Gasteiger partial charge in [-0.3, -0.25) is 4.99 Å². The van der Waals surface area contributed by atoms with Crippen molar-refractivity contribution < 1.29 is 0 Å². The van der Waals surface area contributed by atoms with Crippen LogP contribution in [-0.2, 0) is 0 Å². The van der Waals surface area contributed by atoms with Crippen molar-refractivity contribution in [3.63, 3.8) is 0 Å². The van der Waals surface area contributed by atoms with E-state index in [1.165, 1.54) is 89.3 Å². The maximum Gasteiger partial charge on any atom is 0.0498 e. The van der Waals surface area contributed by atoms with Crippen LogP contribution in [-0.4, -0.2) is 31.9 Å². The normalized spacial score (nSPS) is 39.9. The average molecular weight is 552 g/mol. The molecule has 0 radical (unpaired) electrons. The van der Waals surface area contributed by atoms with Crippen LogP contribution in [0.2, 0.25) is 0 Å². The minimum atomic E-state index is 0.615. The van der Waals surface area contributed by atoms with E-state index in [0.717, 1.165) is 73.4 Å². The van der Waals surface area contributed by atoms with E-state index in [2.05, 4.69) is 62.5 Å². The lowest BCUT2D eigenvalue weighted by Gasteiger charge is -2.61. The molecule has 228 valence electrons. The van der Waals surface area contributed by atoms with Gasteiger partial charge < -0.3 is 10.6 Å². The first-order valence-electron chi connectivity index (χ1n) is 18.0. The van der Waals surface area contributed by atoms with E-state index < -0.39 is 0 Å². The van der Waals surface area contributed by atoms with Gasteiger partial charge in [0, 0.05) is 24.5 Å². The fourth-order valence-electron chi connectivity index (χ4n) is 11.0. The molecule has 8 unspecified atom stereocenters. The Morgan fingerprint density at radius 2 is 1.65 bits per heavy atom. The Morgan fingerprint density at radius 3 is 2.45 bits per heavy atom. The van der Waals surface area contributed by atoms with E-state index in [9.17, 15) is 0 Å². The fraction of sp³-hybridized carbons (Fsp3) is 0.919. The minimum Gasteiger partial charge on any atom is -0.314 e. The number of hydrogen-bond acceptors (Lipinski definition) is 3. The van der Waals surface area contributed by atoms with Crippen molar-refractivity contribution in [2.24, 2.45) is 57.2 Å². The van der Waals surface area contributed by atoms with Crippen LogP contribution in [0.4, 0.5) is 0 Å². The van der Waals surface area contributed by atoms with Gasteiger partial charge in [-0.1, -0.05) is 60.0 Å². The van der Waals surface area contributed by atoms with Gasteiger partial charge in [-0.25, -0.2) is 0 Å². The van der Waals surface area contributed by atoms with Gasteiger partial charge in [0.1, 0.15) is 0 Å². The summed E-state index contributed by atoms with van der Waals surface area (Å²) in [6.07, 6.45) is 27.0. The first-order chi connectivity index (χ1) is 19.3. The maximum atomic E-state index is 4.49. The summed E-state index contributed by atoms with van der Waals surface area (Å²) in [5, 5.41) is 7.60. The number of hydrogen-bond donors (Lipinski definition) is 2. The average Bonchev–Trinajstić information content (AvgIpc) is 3.30. The summed E-state index contributed by atoms with van der Waals surface area (Å²) in [6, 6.07) is 0.765. The quantitative estimate of drug-likeness (QED) is 0.224. The molecule has 0 aromatic carbocycles. The second-order valence-corrected chi connectivity index (χ2v) is 16.1. The zero-order valence-electron chi connectivity index (χ0n) is 27.2. The highest BCUT2D eigenvalue weighted by Crippen LogP contribution is 2.68. The highest BCUT2D eigenvalue weighted by molar-refractivity contribution is 5.60. The summed E-state index contributed by atoms with van der Waals surface area (Å²) in [5.74, 6) is 6.80. The Morgan fingerprint density at radius 1 is 0.850 bits per heavy atom. The van der Waals surface area contributed by atoms with Gasteiger partial charge >= 0.3 is 0 Å². The SMILES string of the molecule is CC(C)CCC[C@@H](C)C1CCC2C3CCC4CC(NCCCCNCC5=CCCC=N5)CCC4(C)C3CCC21C. The number of rotatable bonds is 13. The van der Waals surface area contributed by atoms with Gasteiger partial charge in [-0.2, -0.15) is 0 Å². The molecule has 0 saturated heterocycles. The first kappa shape index (κ1) is 30.8. The highest BCUT2D eigenvalue weighted by Gasteiger charge is 2.60. The van der Waals surface area contributed by atoms with Crippen LogP contribution in [0.5, 0.6) is 0 Å². The molecule has 0 aromatic heterocycles. The van der Waals surface area contributed by atoms with Crippen LogP contribution in [0.15, 0.2) is 16.8 Å². The highest BCUT2D eigenvalue weighted by atomic mass is 14.9. The Labute approximate surface area is 248 Å². The molecule has 2 N–H and O–H groups in total. The van der Waals surface area contributed by atoms with Crippen LogP contribution < -0.4 is 10.6 Å². The summed E-state index contributed by atoms with van der Waals surface area (Å²) in [7, 11) is 0. The molecule has 3 nitrogen and oxygen atoms in total. The standard InChI is InChI=1S/C37H65N3/c1-27(2)11-10-12-28(3)33-16-17-34-32-15-14-29-25-30(18-20-36(29,4)35(32)19-21-37(33,34)5)39-24-9-8-22-38-26-31-13-6-7-23-40-31/h13,23,27-30,32-35,38-39H,6-12,14-22,24-26H2,1-5H3/t28-,29?,30?,32?,33?,34?,35?,36?,37?/m1/s1. The van der Waals surface area contributed by atoms with Gasteiger partial charge in [0.15, 0.2) is 0 Å².